The largest absolute Gasteiger partial charge is 0.471 e. The normalized spacial score (nSPS) is 19.7. The van der Waals surface area contributed by atoms with Crippen LogP contribution in [0.5, 0.6) is 5.88 Å². The van der Waals surface area contributed by atoms with Crippen LogP contribution >= 0.6 is 11.3 Å². The highest BCUT2D eigenvalue weighted by Crippen LogP contribution is 2.48. The molecule has 1 spiro atoms. The van der Waals surface area contributed by atoms with Crippen LogP contribution in [0, 0.1) is 0 Å². The Balaban J connectivity index is 1.34. The monoisotopic (exact) mass is 596 g/mol. The van der Waals surface area contributed by atoms with Crippen molar-refractivity contribution >= 4 is 17.2 Å². The lowest BCUT2D eigenvalue weighted by molar-refractivity contribution is -0.131. The van der Waals surface area contributed by atoms with E-state index in [9.17, 15) is 14.3 Å². The molecule has 8 nitrogen and oxygen atoms in total. The van der Waals surface area contributed by atoms with Crippen molar-refractivity contribution in [1.29, 1.82) is 0 Å². The summed E-state index contributed by atoms with van der Waals surface area (Å²) in [7, 11) is 1.49. The number of alkyl halides is 1. The molecule has 1 aliphatic carbocycles. The second kappa shape index (κ2) is 12.8. The molecule has 1 aromatic carbocycles. The Hall–Kier alpha value is -2.92. The van der Waals surface area contributed by atoms with E-state index in [-0.39, 0.29) is 30.5 Å². The number of ether oxygens (including phenoxy) is 2. The Morgan fingerprint density at radius 3 is 2.76 bits per heavy atom. The summed E-state index contributed by atoms with van der Waals surface area (Å²) in [6, 6.07) is 9.30. The highest BCUT2D eigenvalue weighted by Gasteiger charge is 2.46. The maximum atomic E-state index is 14.4. The van der Waals surface area contributed by atoms with E-state index in [1.165, 1.54) is 7.11 Å². The van der Waals surface area contributed by atoms with Crippen LogP contribution in [0.1, 0.15) is 69.2 Å². The number of pyridine rings is 1. The van der Waals surface area contributed by atoms with E-state index < -0.39 is 23.9 Å². The first-order chi connectivity index (χ1) is 20.0. The number of hydrogen-bond donors (Lipinski definition) is 3. The summed E-state index contributed by atoms with van der Waals surface area (Å²) in [5.74, 6) is 0.288. The minimum Gasteiger partial charge on any atom is -0.471 e. The molecule has 1 fully saturated rings. The van der Waals surface area contributed by atoms with Gasteiger partial charge in [0.15, 0.2) is 0 Å². The Kier molecular flexibility index (Phi) is 9.27. The fourth-order valence-corrected chi connectivity index (χ4v) is 6.40. The van der Waals surface area contributed by atoms with Crippen LogP contribution < -0.4 is 15.4 Å². The molecule has 10 heteroatoms. The van der Waals surface area contributed by atoms with Crippen LogP contribution in [0.2, 0.25) is 0 Å². The number of aromatic nitrogens is 2. The van der Waals surface area contributed by atoms with Gasteiger partial charge in [0.2, 0.25) is 11.8 Å². The van der Waals surface area contributed by atoms with Crippen molar-refractivity contribution in [3.8, 4) is 16.5 Å². The van der Waals surface area contributed by atoms with Crippen LogP contribution in [0.25, 0.3) is 10.6 Å². The van der Waals surface area contributed by atoms with E-state index >= 15 is 0 Å². The summed E-state index contributed by atoms with van der Waals surface area (Å²) in [5, 5.41) is 20.9. The summed E-state index contributed by atoms with van der Waals surface area (Å²) in [5.41, 5.74) is 2.04. The highest BCUT2D eigenvalue weighted by atomic mass is 32.1. The van der Waals surface area contributed by atoms with E-state index in [0.29, 0.717) is 12.3 Å². The minimum absolute atomic E-state index is 0.124. The fraction of sp³-hybridized carbons (Fsp3) is 0.531. The summed E-state index contributed by atoms with van der Waals surface area (Å²) in [4.78, 5) is 21.8. The molecule has 0 unspecified atom stereocenters. The number of amides is 1. The average molecular weight is 597 g/mol. The number of halogens is 1. The van der Waals surface area contributed by atoms with E-state index in [2.05, 4.69) is 20.6 Å². The number of rotatable bonds is 12. The molecule has 5 rings (SSSR count). The van der Waals surface area contributed by atoms with Gasteiger partial charge in [-0.1, -0.05) is 18.2 Å². The van der Waals surface area contributed by atoms with Gasteiger partial charge in [-0.2, -0.15) is 0 Å². The van der Waals surface area contributed by atoms with Gasteiger partial charge < -0.3 is 25.2 Å². The van der Waals surface area contributed by atoms with Gasteiger partial charge in [-0.25, -0.2) is 14.4 Å². The van der Waals surface area contributed by atoms with Crippen LogP contribution in [0.3, 0.4) is 0 Å². The maximum absolute atomic E-state index is 14.4. The molecule has 2 aliphatic rings. The molecule has 0 saturated heterocycles. The van der Waals surface area contributed by atoms with Gasteiger partial charge in [-0.15, -0.1) is 11.3 Å². The zero-order chi connectivity index (χ0) is 29.9. The molecule has 4 atom stereocenters. The molecule has 1 saturated carbocycles. The number of carbonyl (C=O) groups excluding carboxylic acids is 1. The number of aliphatic hydroxyl groups excluding tert-OH is 1. The molecule has 3 N–H and O–H groups in total. The third kappa shape index (κ3) is 7.34. The Morgan fingerprint density at radius 2 is 2.10 bits per heavy atom. The van der Waals surface area contributed by atoms with Crippen molar-refractivity contribution in [2.45, 2.75) is 94.9 Å². The molecular formula is C32H41FN4O4S. The van der Waals surface area contributed by atoms with Crippen molar-refractivity contribution < 1.29 is 23.8 Å². The minimum atomic E-state index is -1.36. The Morgan fingerprint density at radius 1 is 1.29 bits per heavy atom. The predicted octanol–water partition coefficient (Wildman–Crippen LogP) is 4.95. The van der Waals surface area contributed by atoms with Crippen molar-refractivity contribution in [3.63, 3.8) is 0 Å². The van der Waals surface area contributed by atoms with Gasteiger partial charge in [-0.05, 0) is 69.7 Å². The fourth-order valence-electron chi connectivity index (χ4n) is 5.77. The number of carbonyl (C=O) groups is 1. The number of thiazole rings is 1. The van der Waals surface area contributed by atoms with Gasteiger partial charge in [-0.3, -0.25) is 4.79 Å². The zero-order valence-corrected chi connectivity index (χ0v) is 25.5. The lowest BCUT2D eigenvalue weighted by Crippen LogP contribution is -2.53. The number of hydrogen-bond acceptors (Lipinski definition) is 8. The quantitative estimate of drug-likeness (QED) is 0.272. The summed E-state index contributed by atoms with van der Waals surface area (Å²) < 4.78 is 26.0. The topological polar surface area (TPSA) is 106 Å². The number of nitrogens with one attached hydrogen (secondary N) is 2. The first-order valence-corrected chi connectivity index (χ1v) is 15.5. The summed E-state index contributed by atoms with van der Waals surface area (Å²) >= 11 is 1.56. The van der Waals surface area contributed by atoms with Crippen molar-refractivity contribution in [1.82, 2.24) is 20.6 Å². The molecule has 1 amide bonds. The van der Waals surface area contributed by atoms with E-state index in [1.54, 1.807) is 44.5 Å². The third-order valence-corrected chi connectivity index (χ3v) is 9.06. The molecule has 3 heterocycles. The van der Waals surface area contributed by atoms with Gasteiger partial charge in [0.25, 0.3) is 0 Å². The lowest BCUT2D eigenvalue weighted by Gasteiger charge is -2.47. The second-order valence-corrected chi connectivity index (χ2v) is 13.1. The maximum Gasteiger partial charge on any atom is 0.249 e. The zero-order valence-electron chi connectivity index (χ0n) is 24.7. The molecule has 1 aliphatic heterocycles. The van der Waals surface area contributed by atoms with Crippen LogP contribution in [-0.4, -0.2) is 64.2 Å². The number of fused-ring (bicyclic) bond motifs is 1. The third-order valence-electron chi connectivity index (χ3n) is 8.24. The first-order valence-electron chi connectivity index (χ1n) is 14.6. The van der Waals surface area contributed by atoms with E-state index in [1.807, 2.05) is 35.7 Å². The number of aliphatic hydroxyl groups is 1. The van der Waals surface area contributed by atoms with E-state index in [4.69, 9.17) is 9.47 Å². The number of methoxy groups -OCH3 is 1. The lowest BCUT2D eigenvalue weighted by atomic mass is 9.73. The van der Waals surface area contributed by atoms with E-state index in [0.717, 1.165) is 52.9 Å². The van der Waals surface area contributed by atoms with Gasteiger partial charge in [0, 0.05) is 61.4 Å². The molecule has 42 heavy (non-hydrogen) atoms. The Labute approximate surface area is 251 Å². The predicted molar refractivity (Wildman–Crippen MR) is 161 cm³/mol. The second-order valence-electron chi connectivity index (χ2n) is 12.2. The molecule has 0 radical (unpaired) electrons. The molecular weight excluding hydrogens is 555 g/mol. The van der Waals surface area contributed by atoms with Gasteiger partial charge in [0.05, 0.1) is 12.1 Å². The van der Waals surface area contributed by atoms with Crippen molar-refractivity contribution in [2.75, 3.05) is 13.7 Å². The van der Waals surface area contributed by atoms with Crippen LogP contribution in [0.15, 0.2) is 48.1 Å². The highest BCUT2D eigenvalue weighted by molar-refractivity contribution is 7.13. The average Bonchev–Trinajstić information content (AvgIpc) is 3.48. The smallest absolute Gasteiger partial charge is 0.249 e. The van der Waals surface area contributed by atoms with Crippen molar-refractivity contribution in [3.05, 3.63) is 64.8 Å². The van der Waals surface area contributed by atoms with Crippen molar-refractivity contribution in [2.24, 2.45) is 0 Å². The van der Waals surface area contributed by atoms with Gasteiger partial charge in [0.1, 0.15) is 22.4 Å². The summed E-state index contributed by atoms with van der Waals surface area (Å²) in [6.45, 7) is 5.03. The molecule has 3 aromatic rings. The number of nitrogens with zero attached hydrogens (tertiary/aromatic N) is 2. The van der Waals surface area contributed by atoms with Gasteiger partial charge >= 0.3 is 0 Å². The molecule has 2 aromatic heterocycles. The summed E-state index contributed by atoms with van der Waals surface area (Å²) in [6.07, 6.45) is 6.35. The standard InChI is InChI=1S/C32H41FN4O4S/c1-20(40-4)28(39)37-25(15-21-7-5-8-23(13-21)30-34-11-12-42-30)27(38)19-35-26-17-32(9-6-10-32)41-29-24(26)14-22(18-36-29)16-31(2,3)33/h5,7-8,11-14,18,20,25-27,35,38H,6,9-10,15-17,19H2,1-4H3,(H,37,39)/t20-,25+,26+,27-/m1/s1. The molecule has 0 bridgehead atoms. The number of benzene rings is 1. The SMILES string of the molecule is CO[C@H](C)C(=O)N[C@@H](Cc1cccc(-c2nccs2)c1)[C@H](O)CN[C@H]1CC2(CCC2)Oc2ncc(CC(C)(C)F)cc21. The first kappa shape index (κ1) is 30.5. The van der Waals surface area contributed by atoms with Crippen LogP contribution in [0.4, 0.5) is 4.39 Å². The van der Waals surface area contributed by atoms with Crippen LogP contribution in [-0.2, 0) is 22.4 Å². The molecule has 226 valence electrons. The Bertz CT molecular complexity index is 1360.